The first-order valence-electron chi connectivity index (χ1n) is 22.4. The summed E-state index contributed by atoms with van der Waals surface area (Å²) >= 11 is 0. The number of esters is 1. The van der Waals surface area contributed by atoms with Gasteiger partial charge in [0.15, 0.2) is 0 Å². The third-order valence-corrected chi connectivity index (χ3v) is 10.8. The predicted octanol–water partition coefficient (Wildman–Crippen LogP) is 13.1. The van der Waals surface area contributed by atoms with Gasteiger partial charge in [-0.15, -0.1) is 0 Å². The van der Waals surface area contributed by atoms with Crippen LogP contribution in [0, 0.1) is 0 Å². The van der Waals surface area contributed by atoms with Crippen LogP contribution in [-0.2, 0) is 27.9 Å². The van der Waals surface area contributed by atoms with Crippen LogP contribution in [0.25, 0.3) is 0 Å². The van der Waals surface area contributed by atoms with Crippen LogP contribution >= 0.6 is 7.82 Å². The molecule has 0 saturated carbocycles. The highest BCUT2D eigenvalue weighted by Gasteiger charge is 2.26. The number of ether oxygens (including phenoxy) is 2. The molecule has 0 rings (SSSR count). The molecule has 0 spiro atoms. The van der Waals surface area contributed by atoms with Crippen LogP contribution in [0.4, 0.5) is 0 Å². The van der Waals surface area contributed by atoms with Crippen molar-refractivity contribution >= 4 is 13.8 Å². The first kappa shape index (κ1) is 52.2. The SMILES string of the molecule is CCCCCCCCCCCCC/C=C\CCC(=O)OC(COCCCCCCCCCCCCCCCCCC)COP(=O)(O)OCC[N+](C)(C)C. The number of unbranched alkanes of at least 4 members (excludes halogenated alkanes) is 26. The molecule has 316 valence electrons. The van der Waals surface area contributed by atoms with Gasteiger partial charge in [0.1, 0.15) is 19.3 Å². The Balaban J connectivity index is 4.23. The average molecular weight is 775 g/mol. The molecule has 0 aromatic carbocycles. The van der Waals surface area contributed by atoms with E-state index in [1.165, 1.54) is 161 Å². The van der Waals surface area contributed by atoms with Gasteiger partial charge in [0.2, 0.25) is 0 Å². The van der Waals surface area contributed by atoms with Crippen molar-refractivity contribution < 1.29 is 37.3 Å². The van der Waals surface area contributed by atoms with Gasteiger partial charge in [-0.2, -0.15) is 0 Å². The minimum absolute atomic E-state index is 0.0863. The monoisotopic (exact) mass is 775 g/mol. The zero-order chi connectivity index (χ0) is 39.1. The highest BCUT2D eigenvalue weighted by molar-refractivity contribution is 7.47. The lowest BCUT2D eigenvalue weighted by Crippen LogP contribution is -2.37. The number of carbonyl (C=O) groups is 1. The summed E-state index contributed by atoms with van der Waals surface area (Å²) in [4.78, 5) is 22.8. The van der Waals surface area contributed by atoms with E-state index in [1.54, 1.807) is 0 Å². The molecule has 0 radical (unpaired) electrons. The molecule has 0 aromatic rings. The predicted molar refractivity (Wildman–Crippen MR) is 224 cm³/mol. The molecule has 0 aromatic heterocycles. The first-order valence-corrected chi connectivity index (χ1v) is 23.9. The molecular weight excluding hydrogens is 685 g/mol. The largest absolute Gasteiger partial charge is 0.472 e. The summed E-state index contributed by atoms with van der Waals surface area (Å²) < 4.78 is 35.0. The Kier molecular flexibility index (Phi) is 37.6. The third kappa shape index (κ3) is 42.2. The van der Waals surface area contributed by atoms with E-state index in [2.05, 4.69) is 26.0 Å². The average Bonchev–Trinajstić information content (AvgIpc) is 3.11. The molecule has 0 bridgehead atoms. The summed E-state index contributed by atoms with van der Waals surface area (Å²) in [5.74, 6) is -0.359. The number of nitrogens with zero attached hydrogens (tertiary/aromatic N) is 1. The molecule has 0 amide bonds. The van der Waals surface area contributed by atoms with Gasteiger partial charge in [-0.25, -0.2) is 4.57 Å². The van der Waals surface area contributed by atoms with E-state index in [1.807, 2.05) is 21.1 Å². The summed E-state index contributed by atoms with van der Waals surface area (Å²) in [7, 11) is 1.66. The normalized spacial score (nSPS) is 13.8. The molecule has 2 atom stereocenters. The third-order valence-electron chi connectivity index (χ3n) is 9.84. The Morgan fingerprint density at radius 2 is 0.981 bits per heavy atom. The fraction of sp³-hybridized carbons (Fsp3) is 0.932. The number of likely N-dealkylation sites (N-methyl/N-ethyl adjacent to an activating group) is 1. The molecule has 0 heterocycles. The van der Waals surface area contributed by atoms with Crippen molar-refractivity contribution in [3.63, 3.8) is 0 Å². The quantitative estimate of drug-likeness (QED) is 0.0217. The molecular formula is C44H89NO7P+. The Bertz CT molecular complexity index is 863. The van der Waals surface area contributed by atoms with Crippen molar-refractivity contribution in [2.24, 2.45) is 0 Å². The maximum Gasteiger partial charge on any atom is 0.472 e. The molecule has 0 aliphatic rings. The standard InChI is InChI=1S/C44H88NO7P/c1-6-8-10-12-14-16-18-20-22-24-26-28-30-32-34-36-39-49-41-43(42-51-53(47,48)50-40-38-45(3,4)5)52-44(46)37-35-33-31-29-27-25-23-21-19-17-15-13-11-9-7-2/h31,33,43H,6-30,32,34-42H2,1-5H3/p+1/b33-31-. The Morgan fingerprint density at radius 1 is 0.566 bits per heavy atom. The zero-order valence-corrected chi connectivity index (χ0v) is 36.7. The number of phosphoric ester groups is 1. The Morgan fingerprint density at radius 3 is 1.43 bits per heavy atom. The zero-order valence-electron chi connectivity index (χ0n) is 35.8. The number of hydrogen-bond acceptors (Lipinski definition) is 6. The topological polar surface area (TPSA) is 91.3 Å². The van der Waals surface area contributed by atoms with E-state index in [-0.39, 0.29) is 32.2 Å². The van der Waals surface area contributed by atoms with Gasteiger partial charge in [-0.05, 0) is 25.7 Å². The lowest BCUT2D eigenvalue weighted by molar-refractivity contribution is -0.870. The van der Waals surface area contributed by atoms with Gasteiger partial charge in [0.25, 0.3) is 0 Å². The summed E-state index contributed by atoms with van der Waals surface area (Å²) in [5.41, 5.74) is 0. The molecule has 53 heavy (non-hydrogen) atoms. The van der Waals surface area contributed by atoms with Crippen LogP contribution in [0.1, 0.15) is 206 Å². The Hall–Kier alpha value is -0.760. The number of carbonyl (C=O) groups excluding carboxylic acids is 1. The van der Waals surface area contributed by atoms with Crippen molar-refractivity contribution in [2.45, 2.75) is 213 Å². The second-order valence-electron chi connectivity index (χ2n) is 16.4. The minimum Gasteiger partial charge on any atom is -0.457 e. The summed E-state index contributed by atoms with van der Waals surface area (Å²) in [6, 6.07) is 0. The smallest absolute Gasteiger partial charge is 0.457 e. The van der Waals surface area contributed by atoms with Crippen LogP contribution in [0.5, 0.6) is 0 Å². The lowest BCUT2D eigenvalue weighted by Gasteiger charge is -2.24. The number of phosphoric acid groups is 1. The lowest BCUT2D eigenvalue weighted by atomic mass is 10.0. The highest BCUT2D eigenvalue weighted by Crippen LogP contribution is 2.43. The fourth-order valence-corrected chi connectivity index (χ4v) is 7.08. The van der Waals surface area contributed by atoms with Crippen molar-refractivity contribution in [3.8, 4) is 0 Å². The van der Waals surface area contributed by atoms with Gasteiger partial charge >= 0.3 is 13.8 Å². The van der Waals surface area contributed by atoms with Crippen molar-refractivity contribution in [3.05, 3.63) is 12.2 Å². The number of rotatable bonds is 42. The minimum atomic E-state index is -4.28. The van der Waals surface area contributed by atoms with Gasteiger partial charge < -0.3 is 18.9 Å². The number of hydrogen-bond donors (Lipinski definition) is 1. The van der Waals surface area contributed by atoms with E-state index in [0.29, 0.717) is 24.1 Å². The van der Waals surface area contributed by atoms with Gasteiger partial charge in [0.05, 0.1) is 34.4 Å². The molecule has 2 unspecified atom stereocenters. The van der Waals surface area contributed by atoms with Crippen LogP contribution in [0.3, 0.4) is 0 Å². The molecule has 0 fully saturated rings. The van der Waals surface area contributed by atoms with Gasteiger partial charge in [-0.1, -0.05) is 187 Å². The van der Waals surface area contributed by atoms with Gasteiger partial charge in [0, 0.05) is 13.0 Å². The first-order chi connectivity index (χ1) is 25.6. The molecule has 0 saturated heterocycles. The number of quaternary nitrogens is 1. The van der Waals surface area contributed by atoms with Crippen molar-refractivity contribution in [1.82, 2.24) is 0 Å². The van der Waals surface area contributed by atoms with Gasteiger partial charge in [-0.3, -0.25) is 13.8 Å². The summed E-state index contributed by atoms with van der Waals surface area (Å²) in [6.07, 6.45) is 41.1. The fourth-order valence-electron chi connectivity index (χ4n) is 6.34. The van der Waals surface area contributed by atoms with E-state index < -0.39 is 13.9 Å². The van der Waals surface area contributed by atoms with E-state index in [0.717, 1.165) is 19.3 Å². The molecule has 9 heteroatoms. The van der Waals surface area contributed by atoms with Crippen molar-refractivity contribution in [1.29, 1.82) is 0 Å². The second-order valence-corrected chi connectivity index (χ2v) is 17.9. The number of allylic oxidation sites excluding steroid dienone is 2. The maximum absolute atomic E-state index is 12.7. The molecule has 0 aliphatic carbocycles. The van der Waals surface area contributed by atoms with Crippen LogP contribution < -0.4 is 0 Å². The second kappa shape index (κ2) is 38.1. The molecule has 0 aliphatic heterocycles. The maximum atomic E-state index is 12.7. The van der Waals surface area contributed by atoms with Crippen LogP contribution in [0.15, 0.2) is 12.2 Å². The van der Waals surface area contributed by atoms with Crippen LogP contribution in [0.2, 0.25) is 0 Å². The van der Waals surface area contributed by atoms with Crippen molar-refractivity contribution in [2.75, 3.05) is 54.1 Å². The summed E-state index contributed by atoms with van der Waals surface area (Å²) in [5, 5.41) is 0. The van der Waals surface area contributed by atoms with E-state index in [4.69, 9.17) is 18.5 Å². The molecule has 1 N–H and O–H groups in total. The van der Waals surface area contributed by atoms with E-state index >= 15 is 0 Å². The molecule has 8 nitrogen and oxygen atoms in total. The Labute approximate surface area is 329 Å². The van der Waals surface area contributed by atoms with E-state index in [9.17, 15) is 14.3 Å². The van der Waals surface area contributed by atoms with Crippen LogP contribution in [-0.4, -0.2) is 75.6 Å². The highest BCUT2D eigenvalue weighted by atomic mass is 31.2. The summed E-state index contributed by atoms with van der Waals surface area (Å²) in [6.45, 7) is 5.62.